The number of alkyl halides is 3. The molecule has 1 aliphatic heterocycles. The molecule has 3 heterocycles. The Morgan fingerprint density at radius 2 is 1.91 bits per heavy atom. The van der Waals surface area contributed by atoms with E-state index in [1.807, 2.05) is 4.90 Å². The first-order valence-corrected chi connectivity index (χ1v) is 11.3. The summed E-state index contributed by atoms with van der Waals surface area (Å²) in [6, 6.07) is 4.13. The fraction of sp³-hybridized carbons (Fsp3) is 0.350. The Balaban J connectivity index is 1.88. The third-order valence-electron chi connectivity index (χ3n) is 5.40. The van der Waals surface area contributed by atoms with Gasteiger partial charge in [-0.15, -0.1) is 0 Å². The van der Waals surface area contributed by atoms with Gasteiger partial charge < -0.3 is 9.64 Å². The van der Waals surface area contributed by atoms with Gasteiger partial charge in [0.2, 0.25) is 0 Å². The van der Waals surface area contributed by atoms with E-state index in [9.17, 15) is 26.4 Å². The molecule has 1 saturated heterocycles. The molecule has 3 aromatic rings. The molecule has 0 aliphatic carbocycles. The maximum Gasteiger partial charge on any atom is 0.416 e. The minimum atomic E-state index is -4.64. The smallest absolute Gasteiger partial charge is 0.378 e. The first-order valence-electron chi connectivity index (χ1n) is 9.65. The SMILES string of the molecule is CCS(=O)(=O)c1cc(N2CC(OC)C2)cnc1-n1ncc2ccc(C(F)(F)F)cc2c1=O. The van der Waals surface area contributed by atoms with Crippen molar-refractivity contribution < 1.29 is 26.3 Å². The summed E-state index contributed by atoms with van der Waals surface area (Å²) in [6.45, 7) is 2.55. The van der Waals surface area contributed by atoms with Gasteiger partial charge in [0, 0.05) is 25.6 Å². The van der Waals surface area contributed by atoms with Gasteiger partial charge in [-0.3, -0.25) is 4.79 Å². The van der Waals surface area contributed by atoms with Crippen LogP contribution in [0, 0.1) is 0 Å². The van der Waals surface area contributed by atoms with Crippen LogP contribution in [0.3, 0.4) is 0 Å². The molecule has 32 heavy (non-hydrogen) atoms. The van der Waals surface area contributed by atoms with Crippen LogP contribution in [0.1, 0.15) is 12.5 Å². The summed E-state index contributed by atoms with van der Waals surface area (Å²) in [5, 5.41) is 3.93. The fourth-order valence-corrected chi connectivity index (χ4v) is 4.44. The number of aromatic nitrogens is 3. The molecule has 1 aromatic carbocycles. The average molecular weight is 468 g/mol. The maximum atomic E-state index is 13.1. The first-order chi connectivity index (χ1) is 15.0. The van der Waals surface area contributed by atoms with Crippen molar-refractivity contribution in [3.8, 4) is 5.82 Å². The topological polar surface area (TPSA) is 94.4 Å². The molecule has 0 N–H and O–H groups in total. The van der Waals surface area contributed by atoms with Crippen LogP contribution in [-0.4, -0.2) is 55.2 Å². The number of nitrogens with zero attached hydrogens (tertiary/aromatic N) is 4. The molecule has 0 saturated carbocycles. The Bertz CT molecular complexity index is 1350. The van der Waals surface area contributed by atoms with E-state index in [0.29, 0.717) is 18.8 Å². The number of fused-ring (bicyclic) bond motifs is 1. The summed E-state index contributed by atoms with van der Waals surface area (Å²) in [5.41, 5.74) is -1.36. The van der Waals surface area contributed by atoms with Gasteiger partial charge in [-0.05, 0) is 18.2 Å². The molecular weight excluding hydrogens is 449 g/mol. The lowest BCUT2D eigenvalue weighted by Gasteiger charge is -2.39. The lowest BCUT2D eigenvalue weighted by atomic mass is 10.1. The Morgan fingerprint density at radius 1 is 1.19 bits per heavy atom. The Hall–Kier alpha value is -2.99. The second-order valence-electron chi connectivity index (χ2n) is 7.34. The highest BCUT2D eigenvalue weighted by Crippen LogP contribution is 2.31. The Morgan fingerprint density at radius 3 is 2.53 bits per heavy atom. The largest absolute Gasteiger partial charge is 0.416 e. The Labute approximate surface area is 181 Å². The average Bonchev–Trinajstić information content (AvgIpc) is 2.72. The van der Waals surface area contributed by atoms with Crippen molar-refractivity contribution in [3.63, 3.8) is 0 Å². The van der Waals surface area contributed by atoms with Crippen molar-refractivity contribution in [2.24, 2.45) is 0 Å². The highest BCUT2D eigenvalue weighted by molar-refractivity contribution is 7.91. The number of hydrogen-bond donors (Lipinski definition) is 0. The van der Waals surface area contributed by atoms with E-state index in [4.69, 9.17) is 4.74 Å². The molecular formula is C20H19F3N4O4S. The Kier molecular flexibility index (Phi) is 5.45. The highest BCUT2D eigenvalue weighted by atomic mass is 32.2. The van der Waals surface area contributed by atoms with Crippen LogP contribution in [0.5, 0.6) is 0 Å². The molecule has 4 rings (SSSR count). The van der Waals surface area contributed by atoms with Crippen molar-refractivity contribution in [3.05, 3.63) is 52.6 Å². The quantitative estimate of drug-likeness (QED) is 0.568. The number of methoxy groups -OCH3 is 1. The van der Waals surface area contributed by atoms with E-state index in [-0.39, 0.29) is 33.3 Å². The van der Waals surface area contributed by atoms with Crippen LogP contribution < -0.4 is 10.5 Å². The normalized spacial score (nSPS) is 15.2. The monoisotopic (exact) mass is 468 g/mol. The third-order valence-corrected chi connectivity index (χ3v) is 7.13. The van der Waals surface area contributed by atoms with Gasteiger partial charge in [-0.25, -0.2) is 13.4 Å². The lowest BCUT2D eigenvalue weighted by Crippen LogP contribution is -2.52. The van der Waals surface area contributed by atoms with Gasteiger partial charge in [0.15, 0.2) is 15.7 Å². The van der Waals surface area contributed by atoms with Crippen LogP contribution in [0.2, 0.25) is 0 Å². The minimum Gasteiger partial charge on any atom is -0.378 e. The van der Waals surface area contributed by atoms with E-state index in [1.54, 1.807) is 7.11 Å². The first kappa shape index (κ1) is 22.2. The zero-order chi connectivity index (χ0) is 23.3. The highest BCUT2D eigenvalue weighted by Gasteiger charge is 2.32. The number of hydrogen-bond acceptors (Lipinski definition) is 7. The van der Waals surface area contributed by atoms with E-state index >= 15 is 0 Å². The van der Waals surface area contributed by atoms with Crippen molar-refractivity contribution in [1.82, 2.24) is 14.8 Å². The van der Waals surface area contributed by atoms with Crippen molar-refractivity contribution >= 4 is 26.3 Å². The number of halogens is 3. The molecule has 0 spiro atoms. The van der Waals surface area contributed by atoms with Crippen LogP contribution in [0.15, 0.2) is 46.3 Å². The van der Waals surface area contributed by atoms with Gasteiger partial charge >= 0.3 is 6.18 Å². The van der Waals surface area contributed by atoms with E-state index in [0.717, 1.165) is 22.9 Å². The second kappa shape index (κ2) is 7.85. The summed E-state index contributed by atoms with van der Waals surface area (Å²) >= 11 is 0. The van der Waals surface area contributed by atoms with Gasteiger partial charge in [-0.2, -0.15) is 23.0 Å². The second-order valence-corrected chi connectivity index (χ2v) is 9.59. The number of pyridine rings is 1. The van der Waals surface area contributed by atoms with Crippen molar-refractivity contribution in [2.75, 3.05) is 30.9 Å². The van der Waals surface area contributed by atoms with Crippen molar-refractivity contribution in [1.29, 1.82) is 0 Å². The standard InChI is InChI=1S/C20H19F3N4O4S/c1-3-32(29,30)17-7-14(26-10-15(11-26)31-2)9-24-18(17)27-19(28)16-6-13(20(21,22)23)5-4-12(16)8-25-27/h4-9,15H,3,10-11H2,1-2H3. The fourth-order valence-electron chi connectivity index (χ4n) is 3.41. The number of ether oxygens (including phenoxy) is 1. The zero-order valence-corrected chi connectivity index (χ0v) is 17.9. The number of benzene rings is 1. The molecule has 0 unspecified atom stereocenters. The maximum absolute atomic E-state index is 13.1. The molecule has 0 bridgehead atoms. The van der Waals surface area contributed by atoms with Gasteiger partial charge in [0.25, 0.3) is 5.56 Å². The van der Waals surface area contributed by atoms with E-state index in [2.05, 4.69) is 10.1 Å². The predicted molar refractivity (Wildman–Crippen MR) is 111 cm³/mol. The van der Waals surface area contributed by atoms with E-state index < -0.39 is 27.1 Å². The molecule has 2 aromatic heterocycles. The molecule has 170 valence electrons. The summed E-state index contributed by atoms with van der Waals surface area (Å²) in [5.74, 6) is -0.518. The van der Waals surface area contributed by atoms with Gasteiger partial charge in [-0.1, -0.05) is 13.0 Å². The third kappa shape index (κ3) is 3.84. The molecule has 0 radical (unpaired) electrons. The van der Waals surface area contributed by atoms with Crippen LogP contribution in [0.4, 0.5) is 18.9 Å². The summed E-state index contributed by atoms with van der Waals surface area (Å²) in [7, 11) is -2.26. The van der Waals surface area contributed by atoms with Crippen molar-refractivity contribution in [2.45, 2.75) is 24.1 Å². The van der Waals surface area contributed by atoms with E-state index in [1.165, 1.54) is 25.4 Å². The number of anilines is 1. The zero-order valence-electron chi connectivity index (χ0n) is 17.1. The van der Waals surface area contributed by atoms with Gasteiger partial charge in [0.05, 0.1) is 40.9 Å². The summed E-state index contributed by atoms with van der Waals surface area (Å²) < 4.78 is 70.9. The molecule has 0 atom stereocenters. The van der Waals surface area contributed by atoms with Crippen LogP contribution >= 0.6 is 0 Å². The number of sulfone groups is 1. The lowest BCUT2D eigenvalue weighted by molar-refractivity contribution is -0.137. The summed E-state index contributed by atoms with van der Waals surface area (Å²) in [6.07, 6.45) is -2.01. The van der Waals surface area contributed by atoms with Crippen LogP contribution in [-0.2, 0) is 20.8 Å². The number of rotatable bonds is 5. The molecule has 12 heteroatoms. The minimum absolute atomic E-state index is 0.0218. The predicted octanol–water partition coefficient (Wildman–Crippen LogP) is 2.43. The van der Waals surface area contributed by atoms with Gasteiger partial charge in [0.1, 0.15) is 4.90 Å². The molecule has 8 nitrogen and oxygen atoms in total. The molecule has 1 aliphatic rings. The van der Waals surface area contributed by atoms with Crippen LogP contribution in [0.25, 0.3) is 16.6 Å². The molecule has 1 fully saturated rings. The summed E-state index contributed by atoms with van der Waals surface area (Å²) in [4.78, 5) is 18.8. The molecule has 0 amide bonds.